The van der Waals surface area contributed by atoms with Crippen LogP contribution < -0.4 is 5.32 Å². The van der Waals surface area contributed by atoms with E-state index >= 15 is 0 Å². The van der Waals surface area contributed by atoms with Crippen LogP contribution in [0.15, 0.2) is 69.9 Å². The monoisotopic (exact) mass is 421 g/mol. The minimum atomic E-state index is -0.219. The molecule has 3 aromatic rings. The van der Waals surface area contributed by atoms with Crippen LogP contribution in [0.1, 0.15) is 26.7 Å². The normalized spacial score (nSPS) is 7.52. The molecule has 0 spiro atoms. The molecule has 1 N–H and O–H groups in total. The largest absolute Gasteiger partial charge is 0.473 e. The summed E-state index contributed by atoms with van der Waals surface area (Å²) in [6.45, 7) is 7.03. The molecule has 1 amide bonds. The fourth-order valence-electron chi connectivity index (χ4n) is 1.11. The van der Waals surface area contributed by atoms with Gasteiger partial charge in [0.25, 0.3) is 0 Å². The van der Waals surface area contributed by atoms with E-state index < -0.39 is 0 Å². The van der Waals surface area contributed by atoms with Gasteiger partial charge in [-0.1, -0.05) is 55.3 Å². The van der Waals surface area contributed by atoms with Crippen LogP contribution in [0.2, 0.25) is 0 Å². The zero-order valence-corrected chi connectivity index (χ0v) is 18.3. The van der Waals surface area contributed by atoms with E-state index in [9.17, 15) is 4.79 Å². The molecule has 7 heteroatoms. The average Bonchev–Trinajstić information content (AvgIpc) is 3.26. The molecule has 0 aliphatic heterocycles. The molecule has 0 saturated carbocycles. The van der Waals surface area contributed by atoms with Crippen molar-refractivity contribution < 1.29 is 46.3 Å². The zero-order chi connectivity index (χ0) is 17.3. The minimum Gasteiger partial charge on any atom is -0.473 e. The number of rotatable bonds is 1. The van der Waals surface area contributed by atoms with Gasteiger partial charge >= 0.3 is 6.01 Å². The molecule has 0 atom stereocenters. The van der Waals surface area contributed by atoms with Gasteiger partial charge in [-0.25, -0.2) is 0 Å². The Balaban J connectivity index is -0.000000281. The van der Waals surface area contributed by atoms with Gasteiger partial charge in [0, 0.05) is 46.6 Å². The van der Waals surface area contributed by atoms with Crippen molar-refractivity contribution in [3.63, 3.8) is 0 Å². The van der Waals surface area contributed by atoms with Gasteiger partial charge in [0.1, 0.15) is 0 Å². The number of aromatic nitrogens is 2. The molecular weight excluding hydrogens is 395 g/mol. The number of carbonyl (C=O) groups is 1. The number of anilines is 1. The third-order valence-electron chi connectivity index (χ3n) is 1.90. The summed E-state index contributed by atoms with van der Waals surface area (Å²) < 4.78 is 9.42. The number of nitrogens with zero attached hydrogens (tertiary/aromatic N) is 2. The molecule has 25 heavy (non-hydrogen) atoms. The smallest absolute Gasteiger partial charge is 0.322 e. The number of carbonyl (C=O) groups excluding carboxylic acids is 1. The fourth-order valence-corrected chi connectivity index (χ4v) is 1.11. The SMILES string of the molecule is CC.CC(=O)Nc1nnc(C)o1.[CH3-].[Y].c1ccccc1.c1ccoc1. The number of benzene rings is 1. The first kappa shape index (κ1) is 28.0. The van der Waals surface area contributed by atoms with Crippen LogP contribution in [0, 0.1) is 14.4 Å². The Labute approximate surface area is 175 Å². The van der Waals surface area contributed by atoms with Crippen LogP contribution in [-0.4, -0.2) is 16.1 Å². The van der Waals surface area contributed by atoms with Crippen molar-refractivity contribution in [3.8, 4) is 0 Å². The maximum atomic E-state index is 10.4. The summed E-state index contributed by atoms with van der Waals surface area (Å²) in [6, 6.07) is 15.8. The summed E-state index contributed by atoms with van der Waals surface area (Å²) in [6.07, 6.45) is 3.25. The summed E-state index contributed by atoms with van der Waals surface area (Å²) in [4.78, 5) is 10.4. The molecule has 0 fully saturated rings. The van der Waals surface area contributed by atoms with Crippen molar-refractivity contribution in [2.24, 2.45) is 0 Å². The van der Waals surface area contributed by atoms with Gasteiger partial charge in [-0.2, -0.15) is 0 Å². The van der Waals surface area contributed by atoms with E-state index in [4.69, 9.17) is 4.42 Å². The van der Waals surface area contributed by atoms with Gasteiger partial charge in [0.15, 0.2) is 0 Å². The fraction of sp³-hybridized carbons (Fsp3) is 0.222. The molecule has 6 nitrogen and oxygen atoms in total. The van der Waals surface area contributed by atoms with Crippen molar-refractivity contribution in [2.75, 3.05) is 5.32 Å². The first-order chi connectivity index (χ1) is 11.2. The van der Waals surface area contributed by atoms with Crippen LogP contribution in [0.5, 0.6) is 0 Å². The number of hydrogen-bond acceptors (Lipinski definition) is 5. The molecule has 1 radical (unpaired) electrons. The van der Waals surface area contributed by atoms with Crippen molar-refractivity contribution in [3.05, 3.63) is 74.4 Å². The number of furan rings is 1. The van der Waals surface area contributed by atoms with E-state index in [1.807, 2.05) is 62.4 Å². The standard InChI is InChI=1S/C6H6.C5H7N3O2.C4H4O.C2H6.CH3.Y/c1-2-4-6-5-3-1;1-3(9)6-5-8-7-4(2)10-5;1-2-4-5-3-1;1-2;;/h1-6H;1-2H3,(H,6,8,9);1-4H;1-2H3;1H3;/q;;;;-1;. The van der Waals surface area contributed by atoms with Crippen LogP contribution in [0.4, 0.5) is 6.01 Å². The first-order valence-corrected chi connectivity index (χ1v) is 7.23. The molecule has 135 valence electrons. The third kappa shape index (κ3) is 18.4. The number of amides is 1. The summed E-state index contributed by atoms with van der Waals surface area (Å²) in [5, 5.41) is 9.39. The summed E-state index contributed by atoms with van der Waals surface area (Å²) in [5.74, 6) is 0.215. The van der Waals surface area contributed by atoms with E-state index in [1.54, 1.807) is 19.5 Å². The van der Waals surface area contributed by atoms with Crippen molar-refractivity contribution >= 4 is 11.9 Å². The number of hydrogen-bond donors (Lipinski definition) is 1. The van der Waals surface area contributed by atoms with Crippen LogP contribution >= 0.6 is 0 Å². The molecule has 2 aromatic heterocycles. The summed E-state index contributed by atoms with van der Waals surface area (Å²) in [7, 11) is 0. The van der Waals surface area contributed by atoms with Crippen molar-refractivity contribution in [2.45, 2.75) is 27.7 Å². The molecule has 1 aromatic carbocycles. The van der Waals surface area contributed by atoms with E-state index in [-0.39, 0.29) is 52.1 Å². The van der Waals surface area contributed by atoms with Gasteiger partial charge in [-0.15, -0.1) is 5.10 Å². The van der Waals surface area contributed by atoms with E-state index in [2.05, 4.69) is 19.9 Å². The summed E-state index contributed by atoms with van der Waals surface area (Å²) >= 11 is 0. The molecule has 3 rings (SSSR count). The minimum absolute atomic E-state index is 0. The topological polar surface area (TPSA) is 81.2 Å². The number of nitrogens with one attached hydrogen (secondary N) is 1. The van der Waals surface area contributed by atoms with Gasteiger partial charge < -0.3 is 16.3 Å². The Morgan fingerprint density at radius 1 is 0.920 bits per heavy atom. The second kappa shape index (κ2) is 20.3. The first-order valence-electron chi connectivity index (χ1n) is 7.23. The predicted octanol–water partition coefficient (Wildman–Crippen LogP) is 4.78. The summed E-state index contributed by atoms with van der Waals surface area (Å²) in [5.41, 5.74) is 0. The van der Waals surface area contributed by atoms with Crippen LogP contribution in [0.25, 0.3) is 0 Å². The second-order valence-corrected chi connectivity index (χ2v) is 3.76. The Morgan fingerprint density at radius 2 is 1.36 bits per heavy atom. The average molecular weight is 421 g/mol. The molecular formula is C18H26N3O3Y-. The van der Waals surface area contributed by atoms with E-state index in [1.165, 1.54) is 6.92 Å². The van der Waals surface area contributed by atoms with Crippen molar-refractivity contribution in [1.29, 1.82) is 0 Å². The van der Waals surface area contributed by atoms with Crippen molar-refractivity contribution in [1.82, 2.24) is 10.2 Å². The van der Waals surface area contributed by atoms with Gasteiger partial charge in [-0.3, -0.25) is 10.1 Å². The van der Waals surface area contributed by atoms with Gasteiger partial charge in [-0.05, 0) is 12.1 Å². The molecule has 0 bridgehead atoms. The molecule has 0 saturated heterocycles. The molecule has 2 heterocycles. The Kier molecular flexibility index (Phi) is 22.7. The molecule has 0 aliphatic carbocycles. The molecule has 0 unspecified atom stereocenters. The predicted molar refractivity (Wildman–Crippen MR) is 96.3 cm³/mol. The molecule has 0 aliphatic rings. The quantitative estimate of drug-likeness (QED) is 0.572. The number of aryl methyl sites for hydroxylation is 1. The van der Waals surface area contributed by atoms with Crippen LogP contribution in [0.3, 0.4) is 0 Å². The van der Waals surface area contributed by atoms with Gasteiger partial charge in [0.2, 0.25) is 11.8 Å². The second-order valence-electron chi connectivity index (χ2n) is 3.76. The Bertz CT molecular complexity index is 555. The van der Waals surface area contributed by atoms with Crippen LogP contribution in [-0.2, 0) is 37.5 Å². The maximum Gasteiger partial charge on any atom is 0.322 e. The van der Waals surface area contributed by atoms with E-state index in [0.717, 1.165) is 0 Å². The third-order valence-corrected chi connectivity index (χ3v) is 1.90. The Morgan fingerprint density at radius 3 is 1.60 bits per heavy atom. The van der Waals surface area contributed by atoms with E-state index in [0.29, 0.717) is 5.89 Å². The Hall–Kier alpha value is -1.79. The zero-order valence-electron chi connectivity index (χ0n) is 15.5. The van der Waals surface area contributed by atoms with Gasteiger partial charge in [0.05, 0.1) is 12.5 Å². The maximum absolute atomic E-state index is 10.4.